The minimum absolute atomic E-state index is 0.257. The number of hydrogen-bond donors (Lipinski definition) is 1. The molecule has 0 aliphatic carbocycles. The molecule has 5 nitrogen and oxygen atoms in total. The molecule has 0 unspecified atom stereocenters. The number of hydrogen-bond acceptors (Lipinski definition) is 2. The molecule has 1 saturated heterocycles. The molecule has 0 radical (unpaired) electrons. The Morgan fingerprint density at radius 1 is 0.906 bits per heavy atom. The topological polar surface area (TPSA) is 57.1 Å². The molecule has 1 aliphatic rings. The predicted octanol–water partition coefficient (Wildman–Crippen LogP) is 5.35. The molecule has 1 aliphatic heterocycles. The molecule has 3 aromatic rings. The average molecular weight is 429 g/mol. The Labute approximate surface area is 187 Å². The van der Waals surface area contributed by atoms with Gasteiger partial charge in [-0.1, -0.05) is 42.5 Å². The molecule has 3 aromatic carbocycles. The Bertz CT molecular complexity index is 1130. The van der Waals surface area contributed by atoms with Gasteiger partial charge >= 0.3 is 0 Å². The van der Waals surface area contributed by atoms with Crippen LogP contribution in [0.25, 0.3) is 0 Å². The van der Waals surface area contributed by atoms with Crippen LogP contribution in [0.15, 0.2) is 88.8 Å². The van der Waals surface area contributed by atoms with Crippen molar-refractivity contribution in [3.8, 4) is 0 Å². The van der Waals surface area contributed by atoms with Gasteiger partial charge in [-0.25, -0.2) is 9.38 Å². The maximum Gasteiger partial charge on any atom is 0.227 e. The number of carbonyl (C=O) groups is 1. The van der Waals surface area contributed by atoms with E-state index in [1.54, 1.807) is 12.1 Å². The number of ketones is 1. The second-order valence-corrected chi connectivity index (χ2v) is 7.68. The minimum atomic E-state index is -0.297. The molecule has 0 aromatic heterocycles. The molecular formula is C26H25FN4O. The van der Waals surface area contributed by atoms with E-state index >= 15 is 0 Å². The maximum atomic E-state index is 13.4. The van der Waals surface area contributed by atoms with Crippen molar-refractivity contribution in [2.75, 3.05) is 18.4 Å². The fraction of sp³-hybridized carbons (Fsp3) is 0.192. The number of likely N-dealkylation sites (tertiary alicyclic amines) is 1. The van der Waals surface area contributed by atoms with Crippen LogP contribution in [0.3, 0.4) is 0 Å². The summed E-state index contributed by atoms with van der Waals surface area (Å²) in [5.41, 5.74) is 3.48. The van der Waals surface area contributed by atoms with E-state index in [1.807, 2.05) is 66.4 Å². The minimum Gasteiger partial charge on any atom is -0.340 e. The van der Waals surface area contributed by atoms with Gasteiger partial charge in [-0.2, -0.15) is 4.99 Å². The van der Waals surface area contributed by atoms with E-state index in [0.717, 1.165) is 22.5 Å². The summed E-state index contributed by atoms with van der Waals surface area (Å²) >= 11 is 0. The van der Waals surface area contributed by atoms with E-state index in [2.05, 4.69) is 5.32 Å². The zero-order chi connectivity index (χ0) is 22.3. The number of Topliss-reactive ketones (excluding diaryl/α,β-unsaturated/α-hetero) is 1. The van der Waals surface area contributed by atoms with Crippen molar-refractivity contribution in [3.05, 3.63) is 95.8 Å². The van der Waals surface area contributed by atoms with Crippen LogP contribution in [0.2, 0.25) is 0 Å². The first-order valence-corrected chi connectivity index (χ1v) is 10.7. The normalized spacial score (nSPS) is 15.1. The summed E-state index contributed by atoms with van der Waals surface area (Å²) in [5.74, 6) is 1.11. The van der Waals surface area contributed by atoms with Crippen molar-refractivity contribution in [2.45, 2.75) is 19.8 Å². The van der Waals surface area contributed by atoms with E-state index < -0.39 is 0 Å². The van der Waals surface area contributed by atoms with E-state index in [0.29, 0.717) is 37.7 Å². The highest BCUT2D eigenvalue weighted by molar-refractivity contribution is 6.14. The number of anilines is 1. The first-order valence-electron chi connectivity index (χ1n) is 10.7. The quantitative estimate of drug-likeness (QED) is 0.452. The van der Waals surface area contributed by atoms with Gasteiger partial charge in [0.05, 0.1) is 5.69 Å². The number of aliphatic imine (C=N–C) groups is 2. The van der Waals surface area contributed by atoms with Crippen molar-refractivity contribution in [3.63, 3.8) is 0 Å². The van der Waals surface area contributed by atoms with Crippen LogP contribution in [0, 0.1) is 12.7 Å². The molecule has 4 rings (SSSR count). The highest BCUT2D eigenvalue weighted by Crippen LogP contribution is 2.18. The lowest BCUT2D eigenvalue weighted by molar-refractivity contribution is -0.120. The van der Waals surface area contributed by atoms with Gasteiger partial charge < -0.3 is 10.2 Å². The number of para-hydroxylation sites is 1. The first-order chi connectivity index (χ1) is 15.6. The fourth-order valence-electron chi connectivity index (χ4n) is 3.50. The smallest absolute Gasteiger partial charge is 0.227 e. The third-order valence-corrected chi connectivity index (χ3v) is 5.31. The molecule has 162 valence electrons. The van der Waals surface area contributed by atoms with Crippen LogP contribution in [0.5, 0.6) is 0 Å². The van der Waals surface area contributed by atoms with Crippen LogP contribution in [-0.2, 0) is 4.79 Å². The lowest BCUT2D eigenvalue weighted by Crippen LogP contribution is -2.38. The molecule has 32 heavy (non-hydrogen) atoms. The second-order valence-electron chi connectivity index (χ2n) is 7.68. The second kappa shape index (κ2) is 10.0. The molecular weight excluding hydrogens is 403 g/mol. The monoisotopic (exact) mass is 428 g/mol. The number of nitrogens with zero attached hydrogens (tertiary/aromatic N) is 3. The van der Waals surface area contributed by atoms with Crippen molar-refractivity contribution in [1.29, 1.82) is 0 Å². The molecule has 0 atom stereocenters. The van der Waals surface area contributed by atoms with Gasteiger partial charge in [-0.05, 0) is 48.9 Å². The van der Waals surface area contributed by atoms with Gasteiger partial charge in [0.25, 0.3) is 0 Å². The molecule has 0 saturated carbocycles. The number of carbonyl (C=O) groups excluding carboxylic acids is 1. The molecule has 1 heterocycles. The van der Waals surface area contributed by atoms with Gasteiger partial charge in [0, 0.05) is 37.2 Å². The molecule has 6 heteroatoms. The lowest BCUT2D eigenvalue weighted by atomic mass is 10.1. The highest BCUT2D eigenvalue weighted by atomic mass is 19.1. The molecule has 1 N–H and O–H groups in total. The summed E-state index contributed by atoms with van der Waals surface area (Å²) in [6.07, 6.45) is 0.961. The average Bonchev–Trinajstić information content (AvgIpc) is 2.81. The Balaban J connectivity index is 1.78. The van der Waals surface area contributed by atoms with E-state index in [4.69, 9.17) is 9.98 Å². The number of nitrogens with one attached hydrogen (secondary N) is 1. The Hall–Kier alpha value is -3.80. The number of amidine groups is 1. The van der Waals surface area contributed by atoms with Gasteiger partial charge in [-0.3, -0.25) is 4.79 Å². The van der Waals surface area contributed by atoms with Crippen molar-refractivity contribution >= 4 is 29.0 Å². The summed E-state index contributed by atoms with van der Waals surface area (Å²) in [6, 6.07) is 23.8. The van der Waals surface area contributed by atoms with Crippen LogP contribution in [0.1, 0.15) is 24.0 Å². The summed E-state index contributed by atoms with van der Waals surface area (Å²) < 4.78 is 13.4. The van der Waals surface area contributed by atoms with Gasteiger partial charge in [0.1, 0.15) is 17.4 Å². The number of benzene rings is 3. The Morgan fingerprint density at radius 2 is 1.56 bits per heavy atom. The van der Waals surface area contributed by atoms with Crippen LogP contribution < -0.4 is 5.32 Å². The number of guanidine groups is 1. The van der Waals surface area contributed by atoms with Crippen LogP contribution in [-0.4, -0.2) is 35.6 Å². The van der Waals surface area contributed by atoms with Gasteiger partial charge in [0.15, 0.2) is 0 Å². The Kier molecular flexibility index (Phi) is 6.70. The predicted molar refractivity (Wildman–Crippen MR) is 127 cm³/mol. The number of halogens is 1. The molecule has 1 fully saturated rings. The van der Waals surface area contributed by atoms with Crippen LogP contribution in [0.4, 0.5) is 15.8 Å². The summed E-state index contributed by atoms with van der Waals surface area (Å²) in [6.45, 7) is 3.17. The van der Waals surface area contributed by atoms with Crippen molar-refractivity contribution < 1.29 is 9.18 Å². The number of aryl methyl sites for hydroxylation is 1. The number of piperidine rings is 1. The van der Waals surface area contributed by atoms with E-state index in [-0.39, 0.29) is 11.6 Å². The third-order valence-electron chi connectivity index (χ3n) is 5.31. The lowest BCUT2D eigenvalue weighted by Gasteiger charge is -2.27. The largest absolute Gasteiger partial charge is 0.340 e. The number of rotatable bonds is 3. The van der Waals surface area contributed by atoms with E-state index in [9.17, 15) is 9.18 Å². The summed E-state index contributed by atoms with van der Waals surface area (Å²) in [5, 5.41) is 3.34. The van der Waals surface area contributed by atoms with Gasteiger partial charge in [-0.15, -0.1) is 0 Å². The highest BCUT2D eigenvalue weighted by Gasteiger charge is 2.21. The molecule has 0 bridgehead atoms. The standard InChI is InChI=1S/C26H25FN4O/c1-19-7-5-6-10-24(19)25(28-22-13-11-20(27)12-14-22)30-26(29-21-8-3-2-4-9-21)31-17-15-23(32)16-18-31/h2-14H,15-18H2,1H3,(H,28,29,30). The van der Waals surface area contributed by atoms with Crippen LogP contribution >= 0.6 is 0 Å². The Morgan fingerprint density at radius 3 is 2.25 bits per heavy atom. The fourth-order valence-corrected chi connectivity index (χ4v) is 3.50. The van der Waals surface area contributed by atoms with Gasteiger partial charge in [0.2, 0.25) is 5.96 Å². The molecule has 0 spiro atoms. The zero-order valence-corrected chi connectivity index (χ0v) is 18.0. The van der Waals surface area contributed by atoms with Crippen molar-refractivity contribution in [2.24, 2.45) is 9.98 Å². The van der Waals surface area contributed by atoms with E-state index in [1.165, 1.54) is 12.1 Å². The summed E-state index contributed by atoms with van der Waals surface area (Å²) in [4.78, 5) is 23.6. The first kappa shape index (κ1) is 21.4. The maximum absolute atomic E-state index is 13.4. The van der Waals surface area contributed by atoms with Crippen molar-refractivity contribution in [1.82, 2.24) is 4.90 Å². The zero-order valence-electron chi connectivity index (χ0n) is 18.0. The molecule has 0 amide bonds. The summed E-state index contributed by atoms with van der Waals surface area (Å²) in [7, 11) is 0. The SMILES string of the molecule is Cc1ccccc1C(=NC(=Nc1ccccc1)N1CCC(=O)CC1)Nc1ccc(F)cc1. The third kappa shape index (κ3) is 5.46.